The second-order valence-corrected chi connectivity index (χ2v) is 20.6. The third kappa shape index (κ3) is 39.2. The predicted molar refractivity (Wildman–Crippen MR) is 271 cm³/mol. The van der Waals surface area contributed by atoms with Crippen molar-refractivity contribution in [1.29, 1.82) is 0 Å². The van der Waals surface area contributed by atoms with E-state index in [0.29, 0.717) is 13.0 Å². The summed E-state index contributed by atoms with van der Waals surface area (Å²) in [6.07, 6.45) is 44.1. The Hall–Kier alpha value is -1.16. The first kappa shape index (κ1) is 63.9. The highest BCUT2D eigenvalue weighted by Crippen LogP contribution is 2.26. The second-order valence-electron chi connectivity index (χ2n) is 19.5. The smallest absolute Gasteiger partial charge is 0.397 e. The molecule has 1 aliphatic heterocycles. The topological polar surface area (TPSA) is 178 Å². The van der Waals surface area contributed by atoms with Gasteiger partial charge in [0, 0.05) is 13.0 Å². The van der Waals surface area contributed by atoms with Crippen molar-refractivity contribution < 1.29 is 56.2 Å². The maximum absolute atomic E-state index is 12.9. The van der Waals surface area contributed by atoms with Gasteiger partial charge >= 0.3 is 16.4 Å². The molecule has 398 valence electrons. The summed E-state index contributed by atoms with van der Waals surface area (Å²) in [6.45, 7) is 4.03. The highest BCUT2D eigenvalue weighted by atomic mass is 32.3. The van der Waals surface area contributed by atoms with Gasteiger partial charge in [-0.2, -0.15) is 8.42 Å². The molecule has 1 aliphatic rings. The summed E-state index contributed by atoms with van der Waals surface area (Å²) < 4.78 is 59.3. The summed E-state index contributed by atoms with van der Waals surface area (Å²) in [5.41, 5.74) is 0. The summed E-state index contributed by atoms with van der Waals surface area (Å²) in [5.74, 6) is -0.402. The van der Waals surface area contributed by atoms with Crippen LogP contribution in [0.5, 0.6) is 0 Å². The van der Waals surface area contributed by atoms with Crippen molar-refractivity contribution in [3.63, 3.8) is 0 Å². The lowest BCUT2D eigenvalue weighted by atomic mass is 9.99. The summed E-state index contributed by atoms with van der Waals surface area (Å²) >= 11 is 0. The summed E-state index contributed by atoms with van der Waals surface area (Å²) in [6, 6.07) is 0. The molecule has 1 saturated heterocycles. The Bertz CT molecular complexity index is 1220. The van der Waals surface area contributed by atoms with E-state index in [1.807, 2.05) is 0 Å². The van der Waals surface area contributed by atoms with Gasteiger partial charge in [-0.15, -0.1) is 0 Å². The van der Waals surface area contributed by atoms with Crippen molar-refractivity contribution in [2.75, 3.05) is 26.4 Å². The molecule has 0 saturated carbocycles. The maximum atomic E-state index is 12.9. The quantitative estimate of drug-likeness (QED) is 0.0197. The van der Waals surface area contributed by atoms with Crippen LogP contribution >= 0.6 is 0 Å². The van der Waals surface area contributed by atoms with Crippen molar-refractivity contribution in [2.24, 2.45) is 0 Å². The number of hydrogen-bond acceptors (Lipinski definition) is 11. The molecule has 0 amide bonds. The van der Waals surface area contributed by atoms with Crippen LogP contribution in [0.15, 0.2) is 12.2 Å². The molecule has 0 aromatic heterocycles. The Morgan fingerprint density at radius 1 is 0.552 bits per heavy atom. The van der Waals surface area contributed by atoms with Crippen LogP contribution in [-0.4, -0.2) is 97.5 Å². The van der Waals surface area contributed by atoms with E-state index in [0.717, 1.165) is 57.8 Å². The molecule has 1 rings (SSSR count). The van der Waals surface area contributed by atoms with Crippen molar-refractivity contribution in [1.82, 2.24) is 0 Å². The fourth-order valence-electron chi connectivity index (χ4n) is 8.91. The van der Waals surface area contributed by atoms with Crippen molar-refractivity contribution >= 4 is 16.4 Å². The molecule has 0 aromatic carbocycles. The van der Waals surface area contributed by atoms with Gasteiger partial charge in [-0.25, -0.2) is 4.18 Å². The molecule has 1 heterocycles. The Labute approximate surface area is 410 Å². The molecular weight excluding hydrogens is 873 g/mol. The van der Waals surface area contributed by atoms with Crippen molar-refractivity contribution in [2.45, 2.75) is 301 Å². The number of rotatable bonds is 50. The number of carbonyl (C=O) groups is 1. The van der Waals surface area contributed by atoms with Gasteiger partial charge in [0.25, 0.3) is 0 Å². The van der Waals surface area contributed by atoms with Crippen LogP contribution in [0.1, 0.15) is 264 Å². The molecule has 13 heteroatoms. The van der Waals surface area contributed by atoms with Crippen molar-refractivity contribution in [3.05, 3.63) is 12.2 Å². The van der Waals surface area contributed by atoms with E-state index in [2.05, 4.69) is 30.2 Å². The van der Waals surface area contributed by atoms with E-state index >= 15 is 0 Å². The highest BCUT2D eigenvalue weighted by molar-refractivity contribution is 7.80. The molecule has 0 spiro atoms. The molecule has 67 heavy (non-hydrogen) atoms. The molecule has 4 N–H and O–H groups in total. The number of ether oxygens (including phenoxy) is 4. The Kier molecular flexibility index (Phi) is 43.8. The summed E-state index contributed by atoms with van der Waals surface area (Å²) in [7, 11) is -5.06. The fourth-order valence-corrected chi connectivity index (χ4v) is 9.41. The maximum Gasteiger partial charge on any atom is 0.397 e. The molecule has 6 unspecified atom stereocenters. The summed E-state index contributed by atoms with van der Waals surface area (Å²) in [5, 5.41) is 30.8. The zero-order valence-corrected chi connectivity index (χ0v) is 43.8. The lowest BCUT2D eigenvalue weighted by Gasteiger charge is -2.41. The van der Waals surface area contributed by atoms with E-state index in [1.165, 1.54) is 180 Å². The number of aliphatic hydroxyl groups is 3. The largest absolute Gasteiger partial charge is 0.457 e. The molecule has 12 nitrogen and oxygen atoms in total. The zero-order valence-electron chi connectivity index (χ0n) is 43.0. The first-order valence-corrected chi connectivity index (χ1v) is 29.3. The second kappa shape index (κ2) is 45.9. The highest BCUT2D eigenvalue weighted by Gasteiger charge is 2.48. The Morgan fingerprint density at radius 2 is 0.940 bits per heavy atom. The molecule has 6 atom stereocenters. The zero-order chi connectivity index (χ0) is 48.9. The number of allylic oxidation sites excluding steroid dienone is 2. The predicted octanol–water partition coefficient (Wildman–Crippen LogP) is 13.4. The lowest BCUT2D eigenvalue weighted by Crippen LogP contribution is -2.60. The third-order valence-electron chi connectivity index (χ3n) is 13.1. The van der Waals surface area contributed by atoms with Gasteiger partial charge in [0.05, 0.1) is 19.8 Å². The number of unbranched alkanes of at least 4 members (excludes halogenated alkanes) is 35. The Morgan fingerprint density at radius 3 is 1.34 bits per heavy atom. The van der Waals surface area contributed by atoms with Crippen LogP contribution in [0, 0.1) is 0 Å². The molecule has 0 aromatic rings. The minimum atomic E-state index is -5.06. The molecular formula is C54H104O12S. The average Bonchev–Trinajstić information content (AvgIpc) is 3.30. The lowest BCUT2D eigenvalue weighted by molar-refractivity contribution is -0.301. The van der Waals surface area contributed by atoms with Crippen molar-refractivity contribution in [3.8, 4) is 0 Å². The van der Waals surface area contributed by atoms with E-state index in [1.54, 1.807) is 0 Å². The van der Waals surface area contributed by atoms with Gasteiger partial charge in [0.15, 0.2) is 6.29 Å². The first-order chi connectivity index (χ1) is 32.6. The monoisotopic (exact) mass is 977 g/mol. The van der Waals surface area contributed by atoms with Crippen LogP contribution in [0.3, 0.4) is 0 Å². The first-order valence-electron chi connectivity index (χ1n) is 27.9. The minimum Gasteiger partial charge on any atom is -0.457 e. The number of hydrogen-bond donors (Lipinski definition) is 4. The molecule has 0 aliphatic carbocycles. The van der Waals surface area contributed by atoms with Gasteiger partial charge in [-0.05, 0) is 38.5 Å². The number of aliphatic hydroxyl groups excluding tert-OH is 3. The van der Waals surface area contributed by atoms with E-state index in [4.69, 9.17) is 18.9 Å². The summed E-state index contributed by atoms with van der Waals surface area (Å²) in [4.78, 5) is 12.9. The van der Waals surface area contributed by atoms with Crippen LogP contribution in [0.25, 0.3) is 0 Å². The number of esters is 1. The van der Waals surface area contributed by atoms with E-state index < -0.39 is 59.8 Å². The van der Waals surface area contributed by atoms with Crippen LogP contribution in [0.2, 0.25) is 0 Å². The molecule has 0 bridgehead atoms. The van der Waals surface area contributed by atoms with Gasteiger partial charge in [-0.3, -0.25) is 9.35 Å². The van der Waals surface area contributed by atoms with E-state index in [-0.39, 0.29) is 19.6 Å². The standard InChI is InChI=1S/C54H104O12S/c1-3-5-7-9-11-13-15-17-19-20-21-22-23-24-25-26-27-28-29-30-32-34-36-38-40-42-44-62-46-48(47-63-54-52(58)53(66-67(59,60)61)51(57)49(45-55)65-54)64-50(56)43-41-39-37-35-33-31-18-16-14-12-10-8-6-4-2/h16,18,48-49,51-55,57-58H,3-15,17,19-47H2,1-2H3,(H,59,60,61)/b18-16-. The minimum absolute atomic E-state index is 0.0389. The van der Waals surface area contributed by atoms with Crippen LogP contribution < -0.4 is 0 Å². The third-order valence-corrected chi connectivity index (χ3v) is 13.6. The number of carbonyl (C=O) groups excluding carboxylic acids is 1. The van der Waals surface area contributed by atoms with Crippen LogP contribution in [0.4, 0.5) is 0 Å². The van der Waals surface area contributed by atoms with E-state index in [9.17, 15) is 33.1 Å². The molecule has 0 radical (unpaired) electrons. The van der Waals surface area contributed by atoms with Gasteiger partial charge in [0.1, 0.15) is 30.5 Å². The Balaban J connectivity index is 2.25. The molecule has 1 fully saturated rings. The van der Waals surface area contributed by atoms with Gasteiger partial charge in [0.2, 0.25) is 0 Å². The van der Waals surface area contributed by atoms with Gasteiger partial charge in [-0.1, -0.05) is 231 Å². The van der Waals surface area contributed by atoms with Crippen LogP contribution in [-0.2, 0) is 38.3 Å². The normalized spacial score (nSPS) is 19.4. The SMILES string of the molecule is CCCCCCC/C=C\CCCCCCCC(=O)OC(COCCCCCCCCCCCCCCCCCCCCCCCCCCCC)COC1OC(CO)C(O)C(OS(=O)(=O)O)C1O. The average molecular weight is 977 g/mol. The van der Waals surface area contributed by atoms with Gasteiger partial charge < -0.3 is 34.3 Å². The fraction of sp³-hybridized carbons (Fsp3) is 0.944.